The number of aliphatic hydroxyl groups excluding tert-OH is 1. The van der Waals surface area contributed by atoms with Crippen molar-refractivity contribution in [3.05, 3.63) is 80.5 Å². The summed E-state index contributed by atoms with van der Waals surface area (Å²) in [6.45, 7) is 5.55. The lowest BCUT2D eigenvalue weighted by molar-refractivity contribution is -0.117. The Labute approximate surface area is 204 Å². The Bertz CT molecular complexity index is 1500. The molecule has 0 spiro atoms. The maximum Gasteiger partial charge on any atom is 0.296 e. The van der Waals surface area contributed by atoms with Gasteiger partial charge in [-0.2, -0.15) is 0 Å². The fraction of sp³-hybridized carbons (Fsp3) is 0.200. The predicted octanol–water partition coefficient (Wildman–Crippen LogP) is 5.47. The number of amides is 1. The van der Waals surface area contributed by atoms with Crippen molar-refractivity contribution in [2.45, 2.75) is 26.8 Å². The molecule has 0 radical (unpaired) electrons. The number of aryl methyl sites for hydroxylation is 3. The van der Waals surface area contributed by atoms with E-state index in [9.17, 15) is 14.7 Å². The molecule has 0 bridgehead atoms. The number of methoxy groups -OCH3 is 1. The van der Waals surface area contributed by atoms with Gasteiger partial charge in [-0.15, -0.1) is 11.3 Å². The van der Waals surface area contributed by atoms with Crippen molar-refractivity contribution >= 4 is 49.7 Å². The Morgan fingerprint density at radius 1 is 1.09 bits per heavy atom. The summed E-state index contributed by atoms with van der Waals surface area (Å²) in [5.74, 6) is -1.18. The van der Waals surface area contributed by atoms with Gasteiger partial charge in [0.25, 0.3) is 5.91 Å². The number of Topliss-reactive ketones (excluding diaryl/α,β-unsaturated/α-hetero) is 1. The molecule has 1 aliphatic rings. The smallest absolute Gasteiger partial charge is 0.296 e. The van der Waals surface area contributed by atoms with Crippen LogP contribution >= 0.6 is 22.7 Å². The molecule has 1 aliphatic heterocycles. The molecule has 34 heavy (non-hydrogen) atoms. The fourth-order valence-electron chi connectivity index (χ4n) is 4.21. The predicted molar refractivity (Wildman–Crippen MR) is 133 cm³/mol. The average Bonchev–Trinajstić information content (AvgIpc) is 3.46. The number of rotatable bonds is 5. The van der Waals surface area contributed by atoms with Crippen molar-refractivity contribution in [3.63, 3.8) is 0 Å². The van der Waals surface area contributed by atoms with Crippen molar-refractivity contribution in [2.24, 2.45) is 0 Å². The summed E-state index contributed by atoms with van der Waals surface area (Å²) in [6, 6.07) is 12.1. The second kappa shape index (κ2) is 8.34. The molecule has 2 aromatic heterocycles. The van der Waals surface area contributed by atoms with Crippen LogP contribution in [0, 0.1) is 20.8 Å². The molecule has 1 amide bonds. The number of aromatic nitrogens is 2. The molecule has 0 fully saturated rings. The first-order chi connectivity index (χ1) is 16.3. The molecule has 0 saturated heterocycles. The standard InChI is InChI=1S/C25H21N3O4S2/c1-12-9-10-16-18(11-12)34-25(27-16)28-20(15-7-5-6-8-17(15)32-4)19(22(30)24(28)31)21(29)23-13(2)26-14(3)33-23/h5-11,20,30H,1-4H3. The van der Waals surface area contributed by atoms with Crippen LogP contribution in [0.25, 0.3) is 10.2 Å². The Morgan fingerprint density at radius 2 is 1.85 bits per heavy atom. The molecule has 9 heteroatoms. The number of ether oxygens (including phenoxy) is 1. The van der Waals surface area contributed by atoms with Crippen LogP contribution in [0.1, 0.15) is 37.5 Å². The van der Waals surface area contributed by atoms with Crippen LogP contribution in [-0.4, -0.2) is 33.9 Å². The first-order valence-corrected chi connectivity index (χ1v) is 12.2. The molecule has 0 aliphatic carbocycles. The minimum absolute atomic E-state index is 0.00307. The molecular formula is C25H21N3O4S2. The summed E-state index contributed by atoms with van der Waals surface area (Å²) in [4.78, 5) is 38.0. The summed E-state index contributed by atoms with van der Waals surface area (Å²) >= 11 is 2.58. The first kappa shape index (κ1) is 22.2. The molecule has 0 saturated carbocycles. The number of carbonyl (C=O) groups is 2. The average molecular weight is 492 g/mol. The minimum atomic E-state index is -0.903. The minimum Gasteiger partial charge on any atom is -0.503 e. The quantitative estimate of drug-likeness (QED) is 0.372. The van der Waals surface area contributed by atoms with Crippen LogP contribution in [0.15, 0.2) is 53.8 Å². The summed E-state index contributed by atoms with van der Waals surface area (Å²) in [5, 5.41) is 12.2. The first-order valence-electron chi connectivity index (χ1n) is 10.6. The molecule has 1 N–H and O–H groups in total. The number of benzene rings is 2. The molecule has 5 rings (SSSR count). The van der Waals surface area contributed by atoms with Crippen LogP contribution in [0.5, 0.6) is 5.75 Å². The highest BCUT2D eigenvalue weighted by molar-refractivity contribution is 7.22. The van der Waals surface area contributed by atoms with Gasteiger partial charge in [0.2, 0.25) is 5.78 Å². The number of hydrogen-bond acceptors (Lipinski definition) is 8. The van der Waals surface area contributed by atoms with E-state index >= 15 is 0 Å². The Balaban J connectivity index is 1.72. The van der Waals surface area contributed by atoms with E-state index in [2.05, 4.69) is 9.97 Å². The summed E-state index contributed by atoms with van der Waals surface area (Å²) in [7, 11) is 1.53. The number of nitrogens with zero attached hydrogens (tertiary/aromatic N) is 3. The van der Waals surface area contributed by atoms with Crippen LogP contribution in [0.2, 0.25) is 0 Å². The molecule has 2 aromatic carbocycles. The van der Waals surface area contributed by atoms with E-state index in [0.717, 1.165) is 20.8 Å². The van der Waals surface area contributed by atoms with Crippen LogP contribution in [0.3, 0.4) is 0 Å². The fourth-order valence-corrected chi connectivity index (χ4v) is 6.17. The van der Waals surface area contributed by atoms with Gasteiger partial charge < -0.3 is 9.84 Å². The van der Waals surface area contributed by atoms with Gasteiger partial charge >= 0.3 is 0 Å². The Hall–Kier alpha value is -3.56. The van der Waals surface area contributed by atoms with Gasteiger partial charge in [0, 0.05) is 5.56 Å². The van der Waals surface area contributed by atoms with E-state index in [-0.39, 0.29) is 5.57 Å². The van der Waals surface area contributed by atoms with Gasteiger partial charge in [0.1, 0.15) is 11.8 Å². The highest BCUT2D eigenvalue weighted by atomic mass is 32.1. The number of anilines is 1. The van der Waals surface area contributed by atoms with E-state index in [4.69, 9.17) is 4.74 Å². The number of carbonyl (C=O) groups excluding carboxylic acids is 2. The zero-order chi connectivity index (χ0) is 24.1. The van der Waals surface area contributed by atoms with Crippen molar-refractivity contribution in [3.8, 4) is 5.75 Å². The number of thiazole rings is 2. The van der Waals surface area contributed by atoms with Crippen molar-refractivity contribution < 1.29 is 19.4 Å². The van der Waals surface area contributed by atoms with E-state index in [1.165, 1.54) is 34.7 Å². The highest BCUT2D eigenvalue weighted by Crippen LogP contribution is 2.46. The van der Waals surface area contributed by atoms with Crippen LogP contribution in [-0.2, 0) is 4.79 Å². The number of para-hydroxylation sites is 1. The molecule has 1 atom stereocenters. The molecule has 4 aromatic rings. The van der Waals surface area contributed by atoms with E-state index in [1.54, 1.807) is 19.1 Å². The van der Waals surface area contributed by atoms with Gasteiger partial charge in [-0.25, -0.2) is 9.97 Å². The van der Waals surface area contributed by atoms with E-state index < -0.39 is 23.5 Å². The second-order valence-electron chi connectivity index (χ2n) is 8.03. The van der Waals surface area contributed by atoms with Crippen molar-refractivity contribution in [1.29, 1.82) is 0 Å². The zero-order valence-corrected chi connectivity index (χ0v) is 20.6. The van der Waals surface area contributed by atoms with Gasteiger partial charge in [-0.05, 0) is 44.5 Å². The monoisotopic (exact) mass is 491 g/mol. The SMILES string of the molecule is COc1ccccc1C1C(C(=O)c2sc(C)nc2C)=C(O)C(=O)N1c1nc2ccc(C)cc2s1. The lowest BCUT2D eigenvalue weighted by Crippen LogP contribution is -2.31. The molecule has 172 valence electrons. The molecule has 7 nitrogen and oxygen atoms in total. The second-order valence-corrected chi connectivity index (χ2v) is 10.2. The summed E-state index contributed by atoms with van der Waals surface area (Å²) in [5.41, 5.74) is 2.96. The van der Waals surface area contributed by atoms with Crippen LogP contribution in [0.4, 0.5) is 5.13 Å². The Kier molecular flexibility index (Phi) is 5.45. The van der Waals surface area contributed by atoms with E-state index in [1.807, 2.05) is 44.2 Å². The Morgan fingerprint density at radius 3 is 2.56 bits per heavy atom. The van der Waals surface area contributed by atoms with Crippen molar-refractivity contribution in [2.75, 3.05) is 12.0 Å². The lowest BCUT2D eigenvalue weighted by Gasteiger charge is -2.25. The van der Waals surface area contributed by atoms with Gasteiger partial charge in [-0.1, -0.05) is 35.6 Å². The summed E-state index contributed by atoms with van der Waals surface area (Å²) < 4.78 is 6.48. The molecule has 1 unspecified atom stereocenters. The highest BCUT2D eigenvalue weighted by Gasteiger charge is 2.47. The summed E-state index contributed by atoms with van der Waals surface area (Å²) in [6.07, 6.45) is 0. The molecule has 3 heterocycles. The van der Waals surface area contributed by atoms with Crippen LogP contribution < -0.4 is 9.64 Å². The van der Waals surface area contributed by atoms with Gasteiger partial charge in [-0.3, -0.25) is 14.5 Å². The van der Waals surface area contributed by atoms with Gasteiger partial charge in [0.15, 0.2) is 10.9 Å². The maximum absolute atomic E-state index is 13.7. The lowest BCUT2D eigenvalue weighted by atomic mass is 9.94. The number of fused-ring (bicyclic) bond motifs is 1. The van der Waals surface area contributed by atoms with Gasteiger partial charge in [0.05, 0.1) is 38.5 Å². The maximum atomic E-state index is 13.7. The third-order valence-electron chi connectivity index (χ3n) is 5.73. The van der Waals surface area contributed by atoms with E-state index in [0.29, 0.717) is 27.0 Å². The topological polar surface area (TPSA) is 92.6 Å². The third kappa shape index (κ3) is 3.48. The third-order valence-corrected chi connectivity index (χ3v) is 7.82. The number of aliphatic hydroxyl groups is 1. The molecular weight excluding hydrogens is 470 g/mol. The number of ketones is 1. The largest absolute Gasteiger partial charge is 0.503 e. The normalized spacial score (nSPS) is 16.1. The van der Waals surface area contributed by atoms with Crippen molar-refractivity contribution in [1.82, 2.24) is 9.97 Å². The number of hydrogen-bond donors (Lipinski definition) is 1. The zero-order valence-electron chi connectivity index (χ0n) is 18.9.